The second kappa shape index (κ2) is 8.14. The van der Waals surface area contributed by atoms with Crippen LogP contribution in [0.2, 0.25) is 0 Å². The first-order valence-electron chi connectivity index (χ1n) is 8.66. The van der Waals surface area contributed by atoms with E-state index in [1.165, 1.54) is 12.1 Å². The minimum absolute atomic E-state index is 0.112. The van der Waals surface area contributed by atoms with Gasteiger partial charge in [-0.1, -0.05) is 24.3 Å². The first-order chi connectivity index (χ1) is 13.3. The lowest BCUT2D eigenvalue weighted by molar-refractivity contribution is 0.262. The lowest BCUT2D eigenvalue weighted by Gasteiger charge is -2.11. The maximum absolute atomic E-state index is 12.6. The highest BCUT2D eigenvalue weighted by atomic mass is 32.2. The summed E-state index contributed by atoms with van der Waals surface area (Å²) in [6.45, 7) is 3.82. The van der Waals surface area contributed by atoms with Gasteiger partial charge in [0, 0.05) is 17.1 Å². The highest BCUT2D eigenvalue weighted by molar-refractivity contribution is 7.92. The van der Waals surface area contributed by atoms with Crippen molar-refractivity contribution in [2.24, 2.45) is 0 Å². The Morgan fingerprint density at radius 3 is 1.82 bits per heavy atom. The van der Waals surface area contributed by atoms with Crippen molar-refractivity contribution in [1.82, 2.24) is 0 Å². The third-order valence-corrected chi connectivity index (χ3v) is 5.33. The van der Waals surface area contributed by atoms with E-state index in [0.717, 1.165) is 11.1 Å². The number of anilines is 3. The van der Waals surface area contributed by atoms with Crippen LogP contribution in [0.15, 0.2) is 77.7 Å². The van der Waals surface area contributed by atoms with Gasteiger partial charge in [0.1, 0.15) is 0 Å². The van der Waals surface area contributed by atoms with Crippen molar-refractivity contribution < 1.29 is 13.2 Å². The number of aryl methyl sites for hydroxylation is 2. The summed E-state index contributed by atoms with van der Waals surface area (Å²) >= 11 is 0. The predicted octanol–water partition coefficient (Wildman–Crippen LogP) is 4.75. The Labute approximate surface area is 164 Å². The van der Waals surface area contributed by atoms with Gasteiger partial charge < -0.3 is 10.6 Å². The Bertz CT molecular complexity index is 1060. The van der Waals surface area contributed by atoms with Crippen LogP contribution in [0.5, 0.6) is 0 Å². The summed E-state index contributed by atoms with van der Waals surface area (Å²) in [5.74, 6) is 0. The van der Waals surface area contributed by atoms with Gasteiger partial charge >= 0.3 is 6.03 Å². The van der Waals surface area contributed by atoms with Crippen molar-refractivity contribution in [3.05, 3.63) is 83.9 Å². The molecule has 0 saturated carbocycles. The Morgan fingerprint density at radius 1 is 0.714 bits per heavy atom. The molecule has 7 heteroatoms. The van der Waals surface area contributed by atoms with Crippen LogP contribution in [0.1, 0.15) is 11.1 Å². The second-order valence-corrected chi connectivity index (χ2v) is 8.13. The second-order valence-electron chi connectivity index (χ2n) is 6.45. The van der Waals surface area contributed by atoms with Crippen LogP contribution < -0.4 is 15.4 Å². The fourth-order valence-electron chi connectivity index (χ4n) is 2.78. The van der Waals surface area contributed by atoms with Crippen molar-refractivity contribution in [3.8, 4) is 0 Å². The molecule has 0 aliphatic carbocycles. The summed E-state index contributed by atoms with van der Waals surface area (Å²) in [5.41, 5.74) is 3.61. The molecule has 2 amide bonds. The standard InChI is InChI=1S/C21H21N3O3S/c1-15-12-16(2)14-19(13-15)24-28(26,27)20-10-8-18(9-11-20)23-21(25)22-17-6-4-3-5-7-17/h3-14,24H,1-2H3,(H2,22,23,25). The Kier molecular flexibility index (Phi) is 5.65. The number of sulfonamides is 1. The Morgan fingerprint density at radius 2 is 1.25 bits per heavy atom. The molecule has 0 bridgehead atoms. The van der Waals surface area contributed by atoms with E-state index in [0.29, 0.717) is 17.1 Å². The highest BCUT2D eigenvalue weighted by Crippen LogP contribution is 2.20. The fraction of sp³-hybridized carbons (Fsp3) is 0.0952. The summed E-state index contributed by atoms with van der Waals surface area (Å²) in [7, 11) is -3.72. The zero-order valence-corrected chi connectivity index (χ0v) is 16.4. The van der Waals surface area contributed by atoms with Crippen LogP contribution >= 0.6 is 0 Å². The largest absolute Gasteiger partial charge is 0.323 e. The van der Waals surface area contributed by atoms with Crippen LogP contribution in [0, 0.1) is 13.8 Å². The summed E-state index contributed by atoms with van der Waals surface area (Å²) in [4.78, 5) is 12.1. The average molecular weight is 395 g/mol. The predicted molar refractivity (Wildman–Crippen MR) is 112 cm³/mol. The molecule has 3 aromatic rings. The molecule has 0 spiro atoms. The SMILES string of the molecule is Cc1cc(C)cc(NS(=O)(=O)c2ccc(NC(=O)Nc3ccccc3)cc2)c1. The van der Waals surface area contributed by atoms with Gasteiger partial charge in [0.25, 0.3) is 10.0 Å². The van der Waals surface area contributed by atoms with Gasteiger partial charge in [0.05, 0.1) is 4.90 Å². The van der Waals surface area contributed by atoms with Crippen molar-refractivity contribution in [2.45, 2.75) is 18.7 Å². The molecule has 144 valence electrons. The van der Waals surface area contributed by atoms with E-state index in [9.17, 15) is 13.2 Å². The maximum atomic E-state index is 12.6. The smallest absolute Gasteiger partial charge is 0.308 e. The van der Waals surface area contributed by atoms with E-state index in [1.54, 1.807) is 36.4 Å². The highest BCUT2D eigenvalue weighted by Gasteiger charge is 2.15. The molecule has 3 N–H and O–H groups in total. The molecule has 28 heavy (non-hydrogen) atoms. The number of hydrogen-bond acceptors (Lipinski definition) is 3. The number of carbonyl (C=O) groups is 1. The van der Waals surface area contributed by atoms with Crippen LogP contribution in [0.3, 0.4) is 0 Å². The lowest BCUT2D eigenvalue weighted by atomic mass is 10.1. The van der Waals surface area contributed by atoms with E-state index in [2.05, 4.69) is 15.4 Å². The molecule has 0 heterocycles. The average Bonchev–Trinajstić information content (AvgIpc) is 2.61. The van der Waals surface area contributed by atoms with E-state index in [1.807, 2.05) is 38.1 Å². The van der Waals surface area contributed by atoms with Gasteiger partial charge in [0.15, 0.2) is 0 Å². The Hall–Kier alpha value is -3.32. The summed E-state index contributed by atoms with van der Waals surface area (Å²) in [6, 6.07) is 20.1. The molecule has 3 aromatic carbocycles. The van der Waals surface area contributed by atoms with E-state index in [4.69, 9.17) is 0 Å². The molecule has 0 saturated heterocycles. The van der Waals surface area contributed by atoms with Crippen molar-refractivity contribution >= 4 is 33.1 Å². The zero-order valence-electron chi connectivity index (χ0n) is 15.6. The lowest BCUT2D eigenvalue weighted by Crippen LogP contribution is -2.19. The summed E-state index contributed by atoms with van der Waals surface area (Å²) in [6.07, 6.45) is 0. The van der Waals surface area contributed by atoms with E-state index < -0.39 is 16.1 Å². The van der Waals surface area contributed by atoms with Gasteiger partial charge in [0.2, 0.25) is 0 Å². The van der Waals surface area contributed by atoms with Crippen LogP contribution in [0.4, 0.5) is 21.9 Å². The number of para-hydroxylation sites is 1. The van der Waals surface area contributed by atoms with Crippen LogP contribution in [-0.2, 0) is 10.0 Å². The maximum Gasteiger partial charge on any atom is 0.323 e. The molecule has 0 radical (unpaired) electrons. The van der Waals surface area contributed by atoms with Crippen molar-refractivity contribution in [2.75, 3.05) is 15.4 Å². The van der Waals surface area contributed by atoms with Crippen LogP contribution in [-0.4, -0.2) is 14.4 Å². The van der Waals surface area contributed by atoms with Gasteiger partial charge in [-0.15, -0.1) is 0 Å². The number of amides is 2. The zero-order chi connectivity index (χ0) is 20.1. The molecule has 3 rings (SSSR count). The number of nitrogens with one attached hydrogen (secondary N) is 3. The van der Waals surface area contributed by atoms with Gasteiger partial charge in [-0.25, -0.2) is 13.2 Å². The number of carbonyl (C=O) groups excluding carboxylic acids is 1. The topological polar surface area (TPSA) is 87.3 Å². The summed E-state index contributed by atoms with van der Waals surface area (Å²) < 4.78 is 27.8. The molecule has 0 aliphatic rings. The molecule has 0 fully saturated rings. The minimum atomic E-state index is -3.72. The van der Waals surface area contributed by atoms with Gasteiger partial charge in [-0.3, -0.25) is 4.72 Å². The number of hydrogen-bond donors (Lipinski definition) is 3. The van der Waals surface area contributed by atoms with Crippen molar-refractivity contribution in [3.63, 3.8) is 0 Å². The van der Waals surface area contributed by atoms with Gasteiger partial charge in [-0.05, 0) is 73.5 Å². The third kappa shape index (κ3) is 5.11. The third-order valence-electron chi connectivity index (χ3n) is 3.93. The number of benzene rings is 3. The first kappa shape index (κ1) is 19.4. The normalized spacial score (nSPS) is 10.9. The molecular formula is C21H21N3O3S. The molecule has 0 unspecified atom stereocenters. The van der Waals surface area contributed by atoms with E-state index >= 15 is 0 Å². The van der Waals surface area contributed by atoms with E-state index in [-0.39, 0.29) is 4.90 Å². The van der Waals surface area contributed by atoms with Crippen LogP contribution in [0.25, 0.3) is 0 Å². The molecule has 0 aliphatic heterocycles. The monoisotopic (exact) mass is 395 g/mol. The van der Waals surface area contributed by atoms with Gasteiger partial charge in [-0.2, -0.15) is 0 Å². The Balaban J connectivity index is 1.68. The number of urea groups is 1. The summed E-state index contributed by atoms with van der Waals surface area (Å²) in [5, 5.41) is 5.37. The minimum Gasteiger partial charge on any atom is -0.308 e. The molecule has 0 aromatic heterocycles. The molecule has 0 atom stereocenters. The quantitative estimate of drug-likeness (QED) is 0.583. The fourth-order valence-corrected chi connectivity index (χ4v) is 3.82. The first-order valence-corrected chi connectivity index (χ1v) is 10.1. The molecular weight excluding hydrogens is 374 g/mol. The van der Waals surface area contributed by atoms with Crippen molar-refractivity contribution in [1.29, 1.82) is 0 Å². The molecule has 6 nitrogen and oxygen atoms in total. The number of rotatable bonds is 5.